The quantitative estimate of drug-likeness (QED) is 0.0714. The molecule has 12 aromatic carbocycles. The molecule has 472 valence electrons. The zero-order valence-electron chi connectivity index (χ0n) is 51.0. The number of halogens is 8. The summed E-state index contributed by atoms with van der Waals surface area (Å²) in [4.78, 5) is 48.9. The van der Waals surface area contributed by atoms with E-state index in [9.17, 15) is 19.2 Å². The van der Waals surface area contributed by atoms with E-state index in [0.717, 1.165) is 66.8 Å². The number of allylic oxidation sites excluding steroid dienone is 4. The Kier molecular flexibility index (Phi) is 26.5. The summed E-state index contributed by atoms with van der Waals surface area (Å²) in [5.74, 6) is -0.597. The number of hydrogen-bond donors (Lipinski definition) is 0. The first-order valence-corrected chi connectivity index (χ1v) is 32.9. The van der Waals surface area contributed by atoms with Crippen molar-refractivity contribution >= 4 is 140 Å². The van der Waals surface area contributed by atoms with Crippen molar-refractivity contribution in [3.8, 4) is 44.5 Å². The van der Waals surface area contributed by atoms with Gasteiger partial charge in [-0.15, -0.1) is 0 Å². The molecule has 0 aliphatic heterocycles. The lowest BCUT2D eigenvalue weighted by Gasteiger charge is -2.02. The molecule has 0 saturated heterocycles. The van der Waals surface area contributed by atoms with Crippen LogP contribution in [0.3, 0.4) is 0 Å². The second-order valence-corrected chi connectivity index (χ2v) is 24.6. The van der Waals surface area contributed by atoms with Gasteiger partial charge in [-0.3, -0.25) is 19.2 Å². The van der Waals surface area contributed by atoms with Crippen molar-refractivity contribution in [3.05, 3.63) is 400 Å². The maximum absolute atomic E-state index is 12.2. The molecule has 0 radical (unpaired) electrons. The molecule has 0 aliphatic carbocycles. The molecule has 0 heterocycles. The van der Waals surface area contributed by atoms with Crippen molar-refractivity contribution in [2.75, 3.05) is 0 Å². The molecule has 0 fully saturated rings. The molecule has 0 aliphatic rings. The highest BCUT2D eigenvalue weighted by Gasteiger charge is 2.12. The average Bonchev–Trinajstić information content (AvgIpc) is 1.21. The molecular formula is C84H56Cl8O4. The summed E-state index contributed by atoms with van der Waals surface area (Å²) in [7, 11) is 0. The summed E-state index contributed by atoms with van der Waals surface area (Å²) in [6, 6.07) is 92.2. The van der Waals surface area contributed by atoms with Gasteiger partial charge in [-0.25, -0.2) is 0 Å². The summed E-state index contributed by atoms with van der Waals surface area (Å²) in [6.45, 7) is 0. The van der Waals surface area contributed by atoms with Crippen LogP contribution in [0.25, 0.3) is 68.8 Å². The van der Waals surface area contributed by atoms with Crippen LogP contribution in [0.1, 0.15) is 63.7 Å². The molecule has 0 saturated carbocycles. The Morgan fingerprint density at radius 3 is 0.531 bits per heavy atom. The molecule has 12 heteroatoms. The van der Waals surface area contributed by atoms with E-state index in [1.807, 2.05) is 170 Å². The van der Waals surface area contributed by atoms with Crippen molar-refractivity contribution in [2.45, 2.75) is 0 Å². The second kappa shape index (κ2) is 35.9. The molecule has 0 bridgehead atoms. The monoisotopic (exact) mass is 1410 g/mol. The highest BCUT2D eigenvalue weighted by Crippen LogP contribution is 2.29. The van der Waals surface area contributed by atoms with Crippen molar-refractivity contribution in [3.63, 3.8) is 0 Å². The van der Waals surface area contributed by atoms with E-state index in [2.05, 4.69) is 48.5 Å². The Hall–Kier alpha value is -9.40. The summed E-state index contributed by atoms with van der Waals surface area (Å²) < 4.78 is 0. The van der Waals surface area contributed by atoms with Gasteiger partial charge in [0, 0.05) is 42.3 Å². The molecule has 0 amide bonds. The van der Waals surface area contributed by atoms with Gasteiger partial charge in [0.2, 0.25) is 0 Å². The van der Waals surface area contributed by atoms with Gasteiger partial charge in [0.25, 0.3) is 0 Å². The number of rotatable bonds is 16. The molecule has 0 spiro atoms. The summed E-state index contributed by atoms with van der Waals surface area (Å²) in [6.07, 6.45) is 13.2. The molecule has 12 rings (SSSR count). The van der Waals surface area contributed by atoms with E-state index in [1.54, 1.807) is 97.1 Å². The van der Waals surface area contributed by atoms with Gasteiger partial charge in [0.15, 0.2) is 23.1 Å². The normalized spacial score (nSPS) is 10.9. The average molecular weight is 1410 g/mol. The lowest BCUT2D eigenvalue weighted by Crippen LogP contribution is -1.95. The van der Waals surface area contributed by atoms with Gasteiger partial charge in [-0.1, -0.05) is 336 Å². The predicted molar refractivity (Wildman–Crippen MR) is 407 cm³/mol. The number of benzene rings is 12. The van der Waals surface area contributed by atoms with Crippen LogP contribution in [0.4, 0.5) is 0 Å². The molecule has 4 nitrogen and oxygen atoms in total. The molecule has 96 heavy (non-hydrogen) atoms. The Labute approximate surface area is 599 Å². The number of ketones is 4. The molecule has 0 unspecified atom stereocenters. The fraction of sp³-hybridized carbons (Fsp3) is 0. The van der Waals surface area contributed by atoms with Gasteiger partial charge in [-0.2, -0.15) is 0 Å². The Morgan fingerprint density at radius 2 is 0.365 bits per heavy atom. The maximum Gasteiger partial charge on any atom is 0.187 e. The molecule has 0 N–H and O–H groups in total. The second-order valence-electron chi connectivity index (χ2n) is 21.2. The van der Waals surface area contributed by atoms with Crippen molar-refractivity contribution in [1.82, 2.24) is 0 Å². The summed E-state index contributed by atoms with van der Waals surface area (Å²) in [5.41, 5.74) is 14.8. The van der Waals surface area contributed by atoms with Crippen LogP contribution >= 0.6 is 92.8 Å². The fourth-order valence-electron chi connectivity index (χ4n) is 9.47. The standard InChI is InChI=1S/4C21H14Cl2O/c4*22-18-11-12-19(20(23)14-18)21(24)13-8-15-6-9-17(10-7-15)16-4-2-1-3-5-16/h4*1-14H/b4*13-8+. The first-order valence-electron chi connectivity index (χ1n) is 29.9. The molecule has 0 atom stereocenters. The molecule has 12 aromatic rings. The van der Waals surface area contributed by atoms with Gasteiger partial charge < -0.3 is 0 Å². The van der Waals surface area contributed by atoms with Crippen LogP contribution in [-0.4, -0.2) is 23.1 Å². The minimum Gasteiger partial charge on any atom is -0.289 e. The summed E-state index contributed by atoms with van der Waals surface area (Å²) in [5, 5.41) is 3.48. The SMILES string of the molecule is O=C(/C=C/c1ccc(-c2ccccc2)cc1)c1ccc(Cl)cc1Cl.O=C(/C=C/c1ccc(-c2ccccc2)cc1)c1ccc(Cl)cc1Cl.O=C(/C=C/c1ccc(-c2ccccc2)cc1)c1ccc(Cl)cc1Cl.O=C(/C=C/c1ccc(-c2ccccc2)cc1)c1ccc(Cl)cc1Cl. The van der Waals surface area contributed by atoms with Crippen LogP contribution in [0.2, 0.25) is 40.2 Å². The lowest BCUT2D eigenvalue weighted by atomic mass is 10.0. The largest absolute Gasteiger partial charge is 0.289 e. The maximum atomic E-state index is 12.2. The third kappa shape index (κ3) is 21.3. The number of carbonyl (C=O) groups excluding carboxylic acids is 4. The van der Waals surface area contributed by atoms with Gasteiger partial charge in [0.1, 0.15) is 0 Å². The van der Waals surface area contributed by atoms with Crippen LogP contribution in [0.5, 0.6) is 0 Å². The number of carbonyl (C=O) groups is 4. The Balaban J connectivity index is 0.000000150. The van der Waals surface area contributed by atoms with Crippen LogP contribution < -0.4 is 0 Å². The minimum absolute atomic E-state index is 0.149. The van der Waals surface area contributed by atoms with Crippen molar-refractivity contribution < 1.29 is 19.2 Å². The van der Waals surface area contributed by atoms with E-state index in [1.165, 1.54) is 24.3 Å². The van der Waals surface area contributed by atoms with Crippen molar-refractivity contribution in [1.29, 1.82) is 0 Å². The Bertz CT molecular complexity index is 4140. The van der Waals surface area contributed by atoms with Gasteiger partial charge in [-0.05, 0) is 164 Å². The zero-order chi connectivity index (χ0) is 67.8. The van der Waals surface area contributed by atoms with Gasteiger partial charge in [0.05, 0.1) is 20.1 Å². The predicted octanol–water partition coefficient (Wildman–Crippen LogP) is 26.2. The third-order valence-electron chi connectivity index (χ3n) is 14.6. The van der Waals surface area contributed by atoms with E-state index >= 15 is 0 Å². The van der Waals surface area contributed by atoms with E-state index in [-0.39, 0.29) is 23.1 Å². The molecular weight excluding hydrogens is 1360 g/mol. The van der Waals surface area contributed by atoms with Gasteiger partial charge >= 0.3 is 0 Å². The zero-order valence-corrected chi connectivity index (χ0v) is 57.0. The Morgan fingerprint density at radius 1 is 0.198 bits per heavy atom. The highest BCUT2D eigenvalue weighted by atomic mass is 35.5. The van der Waals surface area contributed by atoms with Crippen LogP contribution in [0, 0.1) is 0 Å². The number of hydrogen-bond acceptors (Lipinski definition) is 4. The van der Waals surface area contributed by atoms with E-state index < -0.39 is 0 Å². The third-order valence-corrected chi connectivity index (χ3v) is 16.8. The van der Waals surface area contributed by atoms with E-state index in [0.29, 0.717) is 62.4 Å². The molecule has 0 aromatic heterocycles. The van der Waals surface area contributed by atoms with Crippen LogP contribution in [-0.2, 0) is 0 Å². The first-order chi connectivity index (χ1) is 46.5. The smallest absolute Gasteiger partial charge is 0.187 e. The first kappa shape index (κ1) is 70.9. The minimum atomic E-state index is -0.149. The highest BCUT2D eigenvalue weighted by molar-refractivity contribution is 6.39. The lowest BCUT2D eigenvalue weighted by molar-refractivity contribution is 0.104. The van der Waals surface area contributed by atoms with Crippen LogP contribution in [0.15, 0.2) is 315 Å². The van der Waals surface area contributed by atoms with E-state index in [4.69, 9.17) is 92.8 Å². The van der Waals surface area contributed by atoms with Crippen molar-refractivity contribution in [2.24, 2.45) is 0 Å². The summed E-state index contributed by atoms with van der Waals surface area (Å²) >= 11 is 47.6. The topological polar surface area (TPSA) is 68.3 Å². The fourth-order valence-corrected chi connectivity index (χ4v) is 11.5.